The summed E-state index contributed by atoms with van der Waals surface area (Å²) in [5, 5.41) is 2.03. The number of hydrogen-bond acceptors (Lipinski definition) is 1. The van der Waals surface area contributed by atoms with Crippen molar-refractivity contribution in [3.8, 4) is 5.75 Å². The Morgan fingerprint density at radius 1 is 1.07 bits per heavy atom. The van der Waals surface area contributed by atoms with Gasteiger partial charge in [0.25, 0.3) is 0 Å². The average molecular weight is 401 g/mol. The van der Waals surface area contributed by atoms with Crippen molar-refractivity contribution in [3.63, 3.8) is 0 Å². The minimum absolute atomic E-state index is 0.639. The molecule has 0 fully saturated rings. The van der Waals surface area contributed by atoms with Gasteiger partial charge in [-0.2, -0.15) is 0 Å². The highest BCUT2D eigenvalue weighted by atomic mass is 79.9. The largest absolute Gasteiger partial charge is 0.494 e. The second-order valence-corrected chi connectivity index (χ2v) is 5.48. The van der Waals surface area contributed by atoms with E-state index in [-0.39, 0.29) is 0 Å². The van der Waals surface area contributed by atoms with E-state index in [0.29, 0.717) is 5.92 Å². The molecule has 1 rings (SSSR count). The second-order valence-electron chi connectivity index (χ2n) is 3.27. The van der Waals surface area contributed by atoms with Gasteiger partial charge in [0.15, 0.2) is 0 Å². The molecular formula is C11H13Br3O. The molecule has 0 amide bonds. The molecule has 0 N–H and O–H groups in total. The number of benzene rings is 1. The van der Waals surface area contributed by atoms with Crippen molar-refractivity contribution in [1.82, 2.24) is 0 Å². The van der Waals surface area contributed by atoms with E-state index in [2.05, 4.69) is 47.8 Å². The fourth-order valence-corrected chi connectivity index (χ4v) is 3.05. The molecule has 0 saturated carbocycles. The maximum absolute atomic E-state index is 5.63. The summed E-state index contributed by atoms with van der Waals surface area (Å²) in [4.78, 5) is 0. The molecule has 0 unspecified atom stereocenters. The third kappa shape index (κ3) is 5.36. The predicted octanol–water partition coefficient (Wildman–Crippen LogP) is 4.62. The van der Waals surface area contributed by atoms with Crippen molar-refractivity contribution in [2.45, 2.75) is 6.42 Å². The van der Waals surface area contributed by atoms with Gasteiger partial charge in [-0.25, -0.2) is 0 Å². The van der Waals surface area contributed by atoms with E-state index < -0.39 is 0 Å². The zero-order valence-electron chi connectivity index (χ0n) is 8.26. The van der Waals surface area contributed by atoms with Crippen LogP contribution >= 0.6 is 47.8 Å². The van der Waals surface area contributed by atoms with Crippen molar-refractivity contribution in [1.29, 1.82) is 0 Å². The average Bonchev–Trinajstić information content (AvgIpc) is 2.27. The molecule has 0 atom stereocenters. The summed E-state index contributed by atoms with van der Waals surface area (Å²) in [5.41, 5.74) is 0. The number of hydrogen-bond donors (Lipinski definition) is 0. The lowest BCUT2D eigenvalue weighted by atomic mass is 10.1. The van der Waals surface area contributed by atoms with Crippen LogP contribution in [0.5, 0.6) is 5.75 Å². The maximum atomic E-state index is 5.63. The molecule has 0 heterocycles. The summed E-state index contributed by atoms with van der Waals surface area (Å²) in [7, 11) is 0. The summed E-state index contributed by atoms with van der Waals surface area (Å²) in [6.45, 7) is 0.767. The van der Waals surface area contributed by atoms with Crippen molar-refractivity contribution in [2.75, 3.05) is 17.3 Å². The number of rotatable bonds is 6. The monoisotopic (exact) mass is 398 g/mol. The van der Waals surface area contributed by atoms with E-state index in [0.717, 1.165) is 33.9 Å². The van der Waals surface area contributed by atoms with Crippen LogP contribution in [-0.2, 0) is 0 Å². The molecule has 84 valence electrons. The molecule has 0 aliphatic heterocycles. The molecule has 1 aromatic carbocycles. The van der Waals surface area contributed by atoms with Crippen molar-refractivity contribution >= 4 is 47.8 Å². The highest BCUT2D eigenvalue weighted by Crippen LogP contribution is 2.17. The van der Waals surface area contributed by atoms with Gasteiger partial charge in [0.05, 0.1) is 6.61 Å². The topological polar surface area (TPSA) is 9.23 Å². The number of halogens is 3. The van der Waals surface area contributed by atoms with Gasteiger partial charge in [0.2, 0.25) is 0 Å². The Kier molecular flexibility index (Phi) is 6.93. The molecule has 0 aromatic heterocycles. The Balaban J connectivity index is 2.28. The Bertz CT molecular complexity index is 270. The van der Waals surface area contributed by atoms with Crippen LogP contribution in [0.25, 0.3) is 0 Å². The molecule has 0 spiro atoms. The highest BCUT2D eigenvalue weighted by Gasteiger charge is 2.05. The summed E-state index contributed by atoms with van der Waals surface area (Å²) in [5.74, 6) is 1.57. The van der Waals surface area contributed by atoms with E-state index in [4.69, 9.17) is 4.74 Å². The molecule has 0 bridgehead atoms. The molecule has 0 aliphatic rings. The summed E-state index contributed by atoms with van der Waals surface area (Å²) in [6, 6.07) is 7.92. The van der Waals surface area contributed by atoms with Crippen LogP contribution in [-0.4, -0.2) is 17.3 Å². The first kappa shape index (κ1) is 13.5. The van der Waals surface area contributed by atoms with Gasteiger partial charge in [0.1, 0.15) is 5.75 Å². The van der Waals surface area contributed by atoms with Crippen LogP contribution in [0, 0.1) is 5.92 Å². The first-order valence-electron chi connectivity index (χ1n) is 4.76. The standard InChI is InChI=1S/C11H13Br3O/c12-7-9(8-13)5-6-15-11-3-1-10(14)2-4-11/h1-4,9H,5-8H2. The summed E-state index contributed by atoms with van der Waals surface area (Å²) in [6.07, 6.45) is 1.06. The maximum Gasteiger partial charge on any atom is 0.119 e. The van der Waals surface area contributed by atoms with Gasteiger partial charge in [0, 0.05) is 15.1 Å². The smallest absolute Gasteiger partial charge is 0.119 e. The summed E-state index contributed by atoms with van der Waals surface area (Å²) >= 11 is 10.4. The van der Waals surface area contributed by atoms with Gasteiger partial charge in [-0.3, -0.25) is 0 Å². The second kappa shape index (κ2) is 7.69. The Morgan fingerprint density at radius 2 is 1.67 bits per heavy atom. The van der Waals surface area contributed by atoms with E-state index in [1.165, 1.54) is 0 Å². The van der Waals surface area contributed by atoms with Crippen molar-refractivity contribution in [2.24, 2.45) is 5.92 Å². The van der Waals surface area contributed by atoms with Crippen LogP contribution in [0.1, 0.15) is 6.42 Å². The highest BCUT2D eigenvalue weighted by molar-refractivity contribution is 9.10. The lowest BCUT2D eigenvalue weighted by molar-refractivity contribution is 0.292. The van der Waals surface area contributed by atoms with Crippen LogP contribution in [0.4, 0.5) is 0 Å². The Labute approximate surface area is 116 Å². The molecule has 0 radical (unpaired) electrons. The SMILES string of the molecule is BrCC(CBr)CCOc1ccc(Br)cc1. The molecule has 15 heavy (non-hydrogen) atoms. The first-order chi connectivity index (χ1) is 7.26. The van der Waals surface area contributed by atoms with Crippen LogP contribution in [0.15, 0.2) is 28.7 Å². The number of ether oxygens (including phenoxy) is 1. The van der Waals surface area contributed by atoms with Gasteiger partial charge < -0.3 is 4.74 Å². The predicted molar refractivity (Wildman–Crippen MR) is 75.3 cm³/mol. The van der Waals surface area contributed by atoms with Crippen LogP contribution < -0.4 is 4.74 Å². The van der Waals surface area contributed by atoms with Crippen molar-refractivity contribution in [3.05, 3.63) is 28.7 Å². The minimum atomic E-state index is 0.639. The molecule has 1 nitrogen and oxygen atoms in total. The Morgan fingerprint density at radius 3 is 2.20 bits per heavy atom. The van der Waals surface area contributed by atoms with E-state index in [1.807, 2.05) is 24.3 Å². The molecule has 1 aromatic rings. The fraction of sp³-hybridized carbons (Fsp3) is 0.455. The normalized spacial score (nSPS) is 10.7. The minimum Gasteiger partial charge on any atom is -0.494 e. The van der Waals surface area contributed by atoms with Gasteiger partial charge >= 0.3 is 0 Å². The third-order valence-electron chi connectivity index (χ3n) is 2.04. The fourth-order valence-electron chi connectivity index (χ4n) is 1.07. The van der Waals surface area contributed by atoms with Gasteiger partial charge in [-0.15, -0.1) is 0 Å². The summed E-state index contributed by atoms with van der Waals surface area (Å²) < 4.78 is 6.71. The first-order valence-corrected chi connectivity index (χ1v) is 7.80. The molecule has 0 aliphatic carbocycles. The van der Waals surface area contributed by atoms with Crippen LogP contribution in [0.3, 0.4) is 0 Å². The van der Waals surface area contributed by atoms with E-state index in [1.54, 1.807) is 0 Å². The Hall–Kier alpha value is 0.460. The zero-order chi connectivity index (χ0) is 11.1. The number of alkyl halides is 2. The lowest BCUT2D eigenvalue weighted by Gasteiger charge is -2.11. The van der Waals surface area contributed by atoms with E-state index >= 15 is 0 Å². The molecular weight excluding hydrogens is 388 g/mol. The third-order valence-corrected chi connectivity index (χ3v) is 4.40. The van der Waals surface area contributed by atoms with E-state index in [9.17, 15) is 0 Å². The van der Waals surface area contributed by atoms with Gasteiger partial charge in [-0.1, -0.05) is 47.8 Å². The van der Waals surface area contributed by atoms with Crippen molar-refractivity contribution < 1.29 is 4.74 Å². The molecule has 4 heteroatoms. The molecule has 0 saturated heterocycles. The van der Waals surface area contributed by atoms with Crippen LogP contribution in [0.2, 0.25) is 0 Å². The quantitative estimate of drug-likeness (QED) is 0.633. The van der Waals surface area contributed by atoms with Gasteiger partial charge in [-0.05, 0) is 36.6 Å². The lowest BCUT2D eigenvalue weighted by Crippen LogP contribution is -2.09. The zero-order valence-corrected chi connectivity index (χ0v) is 13.0.